The van der Waals surface area contributed by atoms with Crippen LogP contribution in [0.3, 0.4) is 0 Å². The van der Waals surface area contributed by atoms with Gasteiger partial charge in [-0.3, -0.25) is 9.59 Å². The lowest BCUT2D eigenvalue weighted by Gasteiger charge is -2.57. The maximum atomic E-state index is 13.3. The first-order chi connectivity index (χ1) is 15.1. The van der Waals surface area contributed by atoms with Crippen LogP contribution in [0.1, 0.15) is 44.1 Å². The van der Waals surface area contributed by atoms with Crippen molar-refractivity contribution >= 4 is 11.8 Å². The minimum atomic E-state index is 0.119. The van der Waals surface area contributed by atoms with Gasteiger partial charge in [0.2, 0.25) is 11.8 Å². The van der Waals surface area contributed by atoms with Crippen molar-refractivity contribution in [1.29, 1.82) is 0 Å². The molecule has 2 amide bonds. The van der Waals surface area contributed by atoms with Crippen LogP contribution in [0.5, 0.6) is 5.75 Å². The van der Waals surface area contributed by atoms with Gasteiger partial charge in [-0.25, -0.2) is 0 Å². The topological polar surface area (TPSA) is 61.9 Å². The highest BCUT2D eigenvalue weighted by atomic mass is 16.5. The number of hydrogen-bond acceptors (Lipinski definition) is 4. The zero-order valence-electron chi connectivity index (χ0n) is 18.6. The molecule has 1 N–H and O–H groups in total. The van der Waals surface area contributed by atoms with E-state index in [0.717, 1.165) is 70.5 Å². The molecule has 0 unspecified atom stereocenters. The first-order valence-electron chi connectivity index (χ1n) is 12.1. The molecule has 1 aromatic rings. The Labute approximate surface area is 185 Å². The van der Waals surface area contributed by atoms with Gasteiger partial charge in [0.25, 0.3) is 0 Å². The minimum Gasteiger partial charge on any atom is -0.497 e. The SMILES string of the molecule is COc1cccc(C[C@H]2[C@H]3C[C@H](CN(C(=O)[C@@H]4CCCNC4)C3)[C@@H]3CCCC(=O)N32)c1. The number of likely N-dealkylation sites (tertiary alicyclic amines) is 1. The molecular formula is C25H35N3O3. The molecule has 0 spiro atoms. The van der Waals surface area contributed by atoms with Gasteiger partial charge in [0, 0.05) is 38.1 Å². The smallest absolute Gasteiger partial charge is 0.226 e. The second-order valence-electron chi connectivity index (χ2n) is 9.93. The number of amides is 2. The molecule has 31 heavy (non-hydrogen) atoms. The Morgan fingerprint density at radius 2 is 2.06 bits per heavy atom. The third kappa shape index (κ3) is 4.07. The van der Waals surface area contributed by atoms with Gasteiger partial charge in [-0.2, -0.15) is 0 Å². The molecule has 4 heterocycles. The minimum absolute atomic E-state index is 0.119. The van der Waals surface area contributed by atoms with Crippen molar-refractivity contribution in [2.45, 2.75) is 57.0 Å². The van der Waals surface area contributed by atoms with Crippen molar-refractivity contribution in [3.8, 4) is 5.75 Å². The number of benzene rings is 1. The summed E-state index contributed by atoms with van der Waals surface area (Å²) >= 11 is 0. The van der Waals surface area contributed by atoms with Gasteiger partial charge in [-0.05, 0) is 74.6 Å². The zero-order valence-corrected chi connectivity index (χ0v) is 18.6. The Morgan fingerprint density at radius 1 is 1.19 bits per heavy atom. The second-order valence-corrected chi connectivity index (χ2v) is 9.93. The zero-order chi connectivity index (χ0) is 21.4. The number of rotatable bonds is 4. The van der Waals surface area contributed by atoms with Crippen molar-refractivity contribution in [1.82, 2.24) is 15.1 Å². The Kier molecular flexibility index (Phi) is 5.91. The molecule has 6 nitrogen and oxygen atoms in total. The van der Waals surface area contributed by atoms with E-state index in [0.29, 0.717) is 30.1 Å². The molecule has 1 aromatic carbocycles. The molecule has 4 aliphatic rings. The molecular weight excluding hydrogens is 390 g/mol. The number of piperidine rings is 4. The Morgan fingerprint density at radius 3 is 2.87 bits per heavy atom. The third-order valence-electron chi connectivity index (χ3n) is 8.03. The van der Waals surface area contributed by atoms with E-state index in [4.69, 9.17) is 4.74 Å². The summed E-state index contributed by atoms with van der Waals surface area (Å²) < 4.78 is 5.43. The van der Waals surface area contributed by atoms with Gasteiger partial charge < -0.3 is 19.9 Å². The van der Waals surface area contributed by atoms with Crippen LogP contribution < -0.4 is 10.1 Å². The average molecular weight is 426 g/mol. The molecule has 0 aliphatic carbocycles. The van der Waals surface area contributed by atoms with Gasteiger partial charge in [-0.15, -0.1) is 0 Å². The van der Waals surface area contributed by atoms with Crippen LogP contribution in [0, 0.1) is 17.8 Å². The van der Waals surface area contributed by atoms with Gasteiger partial charge >= 0.3 is 0 Å². The highest BCUT2D eigenvalue weighted by Gasteiger charge is 2.50. The van der Waals surface area contributed by atoms with Crippen molar-refractivity contribution in [2.24, 2.45) is 17.8 Å². The second kappa shape index (κ2) is 8.81. The van der Waals surface area contributed by atoms with Crippen LogP contribution in [-0.2, 0) is 16.0 Å². The van der Waals surface area contributed by atoms with Gasteiger partial charge in [-0.1, -0.05) is 12.1 Å². The Bertz CT molecular complexity index is 822. The Hall–Kier alpha value is -2.08. The van der Waals surface area contributed by atoms with E-state index in [1.807, 2.05) is 12.1 Å². The largest absolute Gasteiger partial charge is 0.497 e. The number of ether oxygens (including phenoxy) is 1. The highest BCUT2D eigenvalue weighted by Crippen LogP contribution is 2.43. The van der Waals surface area contributed by atoms with E-state index in [1.54, 1.807) is 7.11 Å². The lowest BCUT2D eigenvalue weighted by molar-refractivity contribution is -0.157. The number of fused-ring (bicyclic) bond motifs is 4. The van der Waals surface area contributed by atoms with Gasteiger partial charge in [0.15, 0.2) is 0 Å². The number of methoxy groups -OCH3 is 1. The molecule has 0 aromatic heterocycles. The summed E-state index contributed by atoms with van der Waals surface area (Å²) in [6.07, 6.45) is 6.78. The quantitative estimate of drug-likeness (QED) is 0.805. The summed E-state index contributed by atoms with van der Waals surface area (Å²) in [6, 6.07) is 8.68. The van der Waals surface area contributed by atoms with E-state index >= 15 is 0 Å². The lowest BCUT2D eigenvalue weighted by Crippen LogP contribution is -2.66. The molecule has 4 aliphatic heterocycles. The third-order valence-corrected chi connectivity index (χ3v) is 8.03. The first-order valence-corrected chi connectivity index (χ1v) is 12.1. The monoisotopic (exact) mass is 425 g/mol. The molecule has 168 valence electrons. The van der Waals surface area contributed by atoms with E-state index in [-0.39, 0.29) is 18.0 Å². The number of nitrogens with zero attached hydrogens (tertiary/aromatic N) is 2. The van der Waals surface area contributed by atoms with E-state index in [9.17, 15) is 9.59 Å². The molecule has 5 atom stereocenters. The maximum Gasteiger partial charge on any atom is 0.226 e. The van der Waals surface area contributed by atoms with Crippen molar-refractivity contribution in [2.75, 3.05) is 33.3 Å². The molecule has 0 radical (unpaired) electrons. The summed E-state index contributed by atoms with van der Waals surface area (Å²) in [5.41, 5.74) is 1.21. The molecule has 0 saturated carbocycles. The summed E-state index contributed by atoms with van der Waals surface area (Å²) in [6.45, 7) is 3.45. The average Bonchev–Trinajstić information content (AvgIpc) is 2.82. The lowest BCUT2D eigenvalue weighted by atomic mass is 9.70. The van der Waals surface area contributed by atoms with Gasteiger partial charge in [0.05, 0.1) is 13.0 Å². The number of nitrogens with one attached hydrogen (secondary N) is 1. The van der Waals surface area contributed by atoms with Crippen LogP contribution in [0.15, 0.2) is 24.3 Å². The maximum absolute atomic E-state index is 13.3. The summed E-state index contributed by atoms with van der Waals surface area (Å²) in [5, 5.41) is 3.40. The van der Waals surface area contributed by atoms with Crippen LogP contribution in [0.4, 0.5) is 0 Å². The fraction of sp³-hybridized carbons (Fsp3) is 0.680. The fourth-order valence-electron chi connectivity index (χ4n) is 6.58. The van der Waals surface area contributed by atoms with Gasteiger partial charge in [0.1, 0.15) is 5.75 Å². The van der Waals surface area contributed by atoms with E-state index in [1.165, 1.54) is 5.56 Å². The fourth-order valence-corrected chi connectivity index (χ4v) is 6.58. The van der Waals surface area contributed by atoms with Crippen molar-refractivity contribution in [3.63, 3.8) is 0 Å². The number of carbonyl (C=O) groups excluding carboxylic acids is 2. The molecule has 6 heteroatoms. The predicted octanol–water partition coefficient (Wildman–Crippen LogP) is 2.47. The molecule has 4 saturated heterocycles. The number of carbonyl (C=O) groups is 2. The molecule has 5 rings (SSSR count). The van der Waals surface area contributed by atoms with Crippen LogP contribution in [0.25, 0.3) is 0 Å². The Balaban J connectivity index is 1.40. The van der Waals surface area contributed by atoms with Crippen molar-refractivity contribution < 1.29 is 14.3 Å². The highest BCUT2D eigenvalue weighted by molar-refractivity contribution is 5.80. The van der Waals surface area contributed by atoms with Crippen LogP contribution in [-0.4, -0.2) is 67.0 Å². The first kappa shape index (κ1) is 20.8. The number of hydrogen-bond donors (Lipinski definition) is 1. The molecule has 2 bridgehead atoms. The van der Waals surface area contributed by atoms with E-state index in [2.05, 4.69) is 27.2 Å². The van der Waals surface area contributed by atoms with E-state index < -0.39 is 0 Å². The molecule has 4 fully saturated rings. The predicted molar refractivity (Wildman–Crippen MR) is 119 cm³/mol. The van der Waals surface area contributed by atoms with Crippen molar-refractivity contribution in [3.05, 3.63) is 29.8 Å². The van der Waals surface area contributed by atoms with Crippen LogP contribution in [0.2, 0.25) is 0 Å². The normalized spacial score (nSPS) is 33.1. The van der Waals surface area contributed by atoms with Crippen LogP contribution >= 0.6 is 0 Å². The summed E-state index contributed by atoms with van der Waals surface area (Å²) in [5.74, 6) is 2.40. The standard InChI is InChI=1S/C25H35N3O3/c1-31-21-7-2-5-17(11-21)12-23-20-13-19(22-8-3-9-24(29)28(22)23)15-27(16-20)25(30)18-6-4-10-26-14-18/h2,5,7,11,18-20,22-23,26H,3-4,6,8-10,12-16H2,1H3/t18-,19-,20+,22+,23+/m1/s1. The summed E-state index contributed by atoms with van der Waals surface area (Å²) in [7, 11) is 1.69. The summed E-state index contributed by atoms with van der Waals surface area (Å²) in [4.78, 5) is 30.8.